The van der Waals surface area contributed by atoms with Crippen LogP contribution in [0.2, 0.25) is 0 Å². The molecule has 0 amide bonds. The van der Waals surface area contributed by atoms with Crippen LogP contribution < -0.4 is 0 Å². The molecule has 3 aliphatic heterocycles. The summed E-state index contributed by atoms with van der Waals surface area (Å²) in [5, 5.41) is 10.9. The lowest BCUT2D eigenvalue weighted by Crippen LogP contribution is -2.38. The van der Waals surface area contributed by atoms with Gasteiger partial charge in [-0.2, -0.15) is 0 Å². The van der Waals surface area contributed by atoms with E-state index in [0.717, 1.165) is 58.6 Å². The lowest BCUT2D eigenvalue weighted by Gasteiger charge is -2.33. The maximum absolute atomic E-state index is 13.1. The summed E-state index contributed by atoms with van der Waals surface area (Å²) in [7, 11) is 0. The van der Waals surface area contributed by atoms with E-state index in [1.165, 1.54) is 0 Å². The van der Waals surface area contributed by atoms with Gasteiger partial charge < -0.3 is 24.0 Å². The Hall–Kier alpha value is -2.39. The number of aliphatic hydroxyl groups is 1. The molecule has 0 spiro atoms. The molecule has 3 aliphatic rings. The molecule has 0 saturated carbocycles. The lowest BCUT2D eigenvalue weighted by atomic mass is 9.94. The summed E-state index contributed by atoms with van der Waals surface area (Å²) in [6, 6.07) is 7.12. The van der Waals surface area contributed by atoms with Crippen molar-refractivity contribution in [3.63, 3.8) is 0 Å². The molecule has 180 valence electrons. The molecule has 0 radical (unpaired) electrons. The molecule has 1 N–H and O–H groups in total. The predicted octanol–water partition coefficient (Wildman–Crippen LogP) is 3.20. The fraction of sp³-hybridized carbons (Fsp3) is 0.462. The summed E-state index contributed by atoms with van der Waals surface area (Å²) in [5.41, 5.74) is 5.59. The SMILES string of the molecule is Cc1c([C@@H](O)CN2CCC(C[S+]([O-])c3ccc4c(c3C)COC4=O)CC2)ccc2c1COC2=O. The molecule has 5 rings (SSSR count). The van der Waals surface area contributed by atoms with E-state index in [9.17, 15) is 19.2 Å². The molecular formula is C26H29NO6S. The van der Waals surface area contributed by atoms with Gasteiger partial charge in [-0.25, -0.2) is 9.59 Å². The first-order valence-electron chi connectivity index (χ1n) is 11.7. The van der Waals surface area contributed by atoms with Crippen molar-refractivity contribution in [2.45, 2.75) is 50.9 Å². The van der Waals surface area contributed by atoms with Gasteiger partial charge in [0.1, 0.15) is 19.0 Å². The topological polar surface area (TPSA) is 99.1 Å². The highest BCUT2D eigenvalue weighted by Crippen LogP contribution is 2.32. The first kappa shape index (κ1) is 23.4. The third-order valence-corrected chi connectivity index (χ3v) is 9.16. The number of hydrogen-bond acceptors (Lipinski definition) is 7. The summed E-state index contributed by atoms with van der Waals surface area (Å²) in [6.07, 6.45) is 1.22. The largest absolute Gasteiger partial charge is 0.611 e. The Balaban J connectivity index is 1.16. The zero-order valence-electron chi connectivity index (χ0n) is 19.5. The second-order valence-corrected chi connectivity index (χ2v) is 10.9. The van der Waals surface area contributed by atoms with Crippen LogP contribution in [0.5, 0.6) is 0 Å². The smallest absolute Gasteiger partial charge is 0.338 e. The Morgan fingerprint density at radius 3 is 2.24 bits per heavy atom. The van der Waals surface area contributed by atoms with Crippen LogP contribution in [-0.2, 0) is 33.9 Å². The number of esters is 2. The molecule has 34 heavy (non-hydrogen) atoms. The molecule has 0 bridgehead atoms. The van der Waals surface area contributed by atoms with E-state index < -0.39 is 17.3 Å². The fourth-order valence-corrected chi connectivity index (χ4v) is 6.91. The number of ether oxygens (including phenoxy) is 2. The van der Waals surface area contributed by atoms with Crippen molar-refractivity contribution >= 4 is 23.1 Å². The lowest BCUT2D eigenvalue weighted by molar-refractivity contribution is 0.0525. The number of piperidine rings is 1. The summed E-state index contributed by atoms with van der Waals surface area (Å²) in [4.78, 5) is 26.6. The maximum atomic E-state index is 13.1. The molecule has 8 heteroatoms. The number of benzene rings is 2. The van der Waals surface area contributed by atoms with Gasteiger partial charge in [0.25, 0.3) is 0 Å². The minimum atomic E-state index is -1.13. The van der Waals surface area contributed by atoms with Gasteiger partial charge in [0, 0.05) is 29.2 Å². The number of likely N-dealkylation sites (tertiary alicyclic amines) is 1. The van der Waals surface area contributed by atoms with Crippen molar-refractivity contribution in [3.05, 3.63) is 63.2 Å². The van der Waals surface area contributed by atoms with E-state index in [4.69, 9.17) is 9.47 Å². The van der Waals surface area contributed by atoms with Gasteiger partial charge >= 0.3 is 11.9 Å². The van der Waals surface area contributed by atoms with Crippen LogP contribution in [-0.4, -0.2) is 51.9 Å². The van der Waals surface area contributed by atoms with Crippen LogP contribution in [0.15, 0.2) is 29.2 Å². The van der Waals surface area contributed by atoms with Crippen molar-refractivity contribution in [2.75, 3.05) is 25.4 Å². The van der Waals surface area contributed by atoms with Gasteiger partial charge in [-0.3, -0.25) is 0 Å². The fourth-order valence-electron chi connectivity index (χ4n) is 5.29. The van der Waals surface area contributed by atoms with Crippen molar-refractivity contribution in [1.82, 2.24) is 4.90 Å². The monoisotopic (exact) mass is 483 g/mol. The zero-order valence-corrected chi connectivity index (χ0v) is 20.3. The van der Waals surface area contributed by atoms with E-state index >= 15 is 0 Å². The van der Waals surface area contributed by atoms with Gasteiger partial charge in [-0.15, -0.1) is 0 Å². The average molecular weight is 484 g/mol. The zero-order chi connectivity index (χ0) is 24.0. The van der Waals surface area contributed by atoms with Gasteiger partial charge in [-0.1, -0.05) is 6.07 Å². The van der Waals surface area contributed by atoms with Gasteiger partial charge in [0.15, 0.2) is 4.90 Å². The van der Waals surface area contributed by atoms with Crippen LogP contribution in [0.25, 0.3) is 0 Å². The van der Waals surface area contributed by atoms with Crippen LogP contribution >= 0.6 is 0 Å². The highest BCUT2D eigenvalue weighted by molar-refractivity contribution is 7.91. The normalized spacial score (nSPS) is 20.0. The van der Waals surface area contributed by atoms with Crippen LogP contribution in [0.3, 0.4) is 0 Å². The van der Waals surface area contributed by atoms with E-state index in [1.54, 1.807) is 18.2 Å². The number of carbonyl (C=O) groups excluding carboxylic acids is 2. The summed E-state index contributed by atoms with van der Waals surface area (Å²) >= 11 is -1.13. The molecule has 2 aromatic carbocycles. The Labute approximate surface area is 202 Å². The minimum Gasteiger partial charge on any atom is -0.611 e. The molecule has 1 unspecified atom stereocenters. The number of rotatable bonds is 6. The third-order valence-electron chi connectivity index (χ3n) is 7.45. The number of aliphatic hydroxyl groups excluding tert-OH is 1. The summed E-state index contributed by atoms with van der Waals surface area (Å²) in [5.74, 6) is 0.352. The van der Waals surface area contributed by atoms with Gasteiger partial charge in [0.2, 0.25) is 0 Å². The Morgan fingerprint density at radius 2 is 1.59 bits per heavy atom. The molecule has 2 atom stereocenters. The average Bonchev–Trinajstić information content (AvgIpc) is 3.39. The summed E-state index contributed by atoms with van der Waals surface area (Å²) < 4.78 is 23.3. The quantitative estimate of drug-likeness (QED) is 0.498. The first-order valence-corrected chi connectivity index (χ1v) is 13.0. The first-order chi connectivity index (χ1) is 16.3. The number of fused-ring (bicyclic) bond motifs is 2. The number of carbonyl (C=O) groups is 2. The molecule has 2 aromatic rings. The Morgan fingerprint density at radius 1 is 1.00 bits per heavy atom. The van der Waals surface area contributed by atoms with Crippen molar-refractivity contribution in [3.8, 4) is 0 Å². The number of hydrogen-bond donors (Lipinski definition) is 1. The van der Waals surface area contributed by atoms with Gasteiger partial charge in [-0.05, 0) is 80.3 Å². The Bertz CT molecular complexity index is 1050. The second-order valence-electron chi connectivity index (χ2n) is 9.44. The molecular weight excluding hydrogens is 454 g/mol. The van der Waals surface area contributed by atoms with E-state index in [1.807, 2.05) is 19.9 Å². The standard InChI is InChI=1S/C26H29NO6S/c1-15-18(3-4-19-21(15)12-32-25(19)29)23(28)11-27-9-7-17(8-10-27)14-34(31)24-6-5-20-22(16(24)2)13-33-26(20)30/h3-6,17,23,28H,7-14H2,1-2H3/t23-,34?/m0/s1. The van der Waals surface area contributed by atoms with E-state index in [0.29, 0.717) is 29.3 Å². The van der Waals surface area contributed by atoms with Crippen molar-refractivity contribution < 1.29 is 28.7 Å². The number of nitrogens with zero attached hydrogens (tertiary/aromatic N) is 1. The third kappa shape index (κ3) is 4.24. The van der Waals surface area contributed by atoms with Crippen molar-refractivity contribution in [2.24, 2.45) is 5.92 Å². The summed E-state index contributed by atoms with van der Waals surface area (Å²) in [6.45, 7) is 6.61. The van der Waals surface area contributed by atoms with Crippen LogP contribution in [0.4, 0.5) is 0 Å². The molecule has 1 saturated heterocycles. The number of cyclic esters (lactones) is 2. The molecule has 3 heterocycles. The molecule has 0 aliphatic carbocycles. The molecule has 0 aromatic heterocycles. The van der Waals surface area contributed by atoms with Crippen molar-refractivity contribution in [1.29, 1.82) is 0 Å². The maximum Gasteiger partial charge on any atom is 0.338 e. The second kappa shape index (κ2) is 9.34. The van der Waals surface area contributed by atoms with Crippen LogP contribution in [0, 0.1) is 19.8 Å². The highest BCUT2D eigenvalue weighted by Gasteiger charge is 2.31. The molecule has 1 fully saturated rings. The van der Waals surface area contributed by atoms with E-state index in [2.05, 4.69) is 4.90 Å². The molecule has 7 nitrogen and oxygen atoms in total. The highest BCUT2D eigenvalue weighted by atomic mass is 32.2. The van der Waals surface area contributed by atoms with Crippen LogP contribution in [0.1, 0.15) is 67.5 Å². The van der Waals surface area contributed by atoms with E-state index in [-0.39, 0.29) is 25.2 Å². The van der Waals surface area contributed by atoms with Gasteiger partial charge in [0.05, 0.1) is 17.2 Å². The predicted molar refractivity (Wildman–Crippen MR) is 126 cm³/mol. The minimum absolute atomic E-state index is 0.263. The number of β-amino-alcohol motifs (C(OH)–C–C–N with tert-alkyl or cyclic N) is 1. The Kier molecular flexibility index (Phi) is 6.41.